The molecule has 2 amide bonds. The van der Waals surface area contributed by atoms with Crippen molar-refractivity contribution in [2.45, 2.75) is 26.2 Å². The fourth-order valence-electron chi connectivity index (χ4n) is 3.25. The molecule has 1 aromatic heterocycles. The molecule has 150 valence electrons. The molecule has 0 atom stereocenters. The molecule has 5 nitrogen and oxygen atoms in total. The third-order valence-corrected chi connectivity index (χ3v) is 6.55. The fraction of sp³-hybridized carbons (Fsp3) is 0.429. The lowest BCUT2D eigenvalue weighted by molar-refractivity contribution is -0.133. The Bertz CT molecular complexity index is 798. The SMILES string of the molecule is Cc1ccc(NC(=O)CN2CCN(C(=O)CCCc3ccc(Br)s3)CC2)cc1. The number of hydrogen-bond donors (Lipinski definition) is 1. The van der Waals surface area contributed by atoms with E-state index in [2.05, 4.69) is 38.3 Å². The Morgan fingerprint density at radius 3 is 2.43 bits per heavy atom. The van der Waals surface area contributed by atoms with Gasteiger partial charge in [0, 0.05) is 43.2 Å². The summed E-state index contributed by atoms with van der Waals surface area (Å²) < 4.78 is 1.14. The number of benzene rings is 1. The smallest absolute Gasteiger partial charge is 0.238 e. The zero-order valence-electron chi connectivity index (χ0n) is 16.1. The number of carbonyl (C=O) groups excluding carboxylic acids is 2. The molecule has 2 aromatic rings. The van der Waals surface area contributed by atoms with Gasteiger partial charge in [0.25, 0.3) is 0 Å². The molecule has 1 saturated heterocycles. The van der Waals surface area contributed by atoms with Crippen LogP contribution in [0.3, 0.4) is 0 Å². The number of aryl methyl sites for hydroxylation is 2. The fourth-order valence-corrected chi connectivity index (χ4v) is 4.78. The van der Waals surface area contributed by atoms with E-state index in [9.17, 15) is 9.59 Å². The van der Waals surface area contributed by atoms with Crippen LogP contribution in [0.1, 0.15) is 23.3 Å². The zero-order chi connectivity index (χ0) is 19.9. The number of nitrogens with one attached hydrogen (secondary N) is 1. The van der Waals surface area contributed by atoms with E-state index in [1.165, 1.54) is 10.4 Å². The molecule has 28 heavy (non-hydrogen) atoms. The molecule has 0 aliphatic carbocycles. The van der Waals surface area contributed by atoms with Crippen LogP contribution >= 0.6 is 27.3 Å². The van der Waals surface area contributed by atoms with E-state index >= 15 is 0 Å². The standard InChI is InChI=1S/C21H26BrN3O2S/c1-16-5-7-17(8-6-16)23-20(26)15-24-11-13-25(14-12-24)21(27)4-2-3-18-9-10-19(22)28-18/h5-10H,2-4,11-15H2,1H3,(H,23,26). The highest BCUT2D eigenvalue weighted by Gasteiger charge is 2.22. The topological polar surface area (TPSA) is 52.7 Å². The summed E-state index contributed by atoms with van der Waals surface area (Å²) in [5.41, 5.74) is 1.99. The highest BCUT2D eigenvalue weighted by Crippen LogP contribution is 2.23. The number of hydrogen-bond acceptors (Lipinski definition) is 4. The second-order valence-electron chi connectivity index (χ2n) is 7.13. The Hall–Kier alpha value is -1.70. The third kappa shape index (κ3) is 6.43. The highest BCUT2D eigenvalue weighted by molar-refractivity contribution is 9.11. The van der Waals surface area contributed by atoms with Gasteiger partial charge in [0.2, 0.25) is 11.8 Å². The maximum absolute atomic E-state index is 12.4. The summed E-state index contributed by atoms with van der Waals surface area (Å²) in [7, 11) is 0. The first-order chi connectivity index (χ1) is 13.5. The van der Waals surface area contributed by atoms with Crippen molar-refractivity contribution in [1.29, 1.82) is 0 Å². The quantitative estimate of drug-likeness (QED) is 0.676. The number of nitrogens with zero attached hydrogens (tertiary/aromatic N) is 2. The lowest BCUT2D eigenvalue weighted by atomic mass is 10.2. The molecule has 1 aliphatic heterocycles. The van der Waals surface area contributed by atoms with Gasteiger partial charge in [-0.05, 0) is 60.0 Å². The van der Waals surface area contributed by atoms with Crippen LogP contribution in [-0.2, 0) is 16.0 Å². The summed E-state index contributed by atoms with van der Waals surface area (Å²) >= 11 is 5.20. The van der Waals surface area contributed by atoms with Gasteiger partial charge in [0.1, 0.15) is 0 Å². The molecule has 3 rings (SSSR count). The molecule has 0 bridgehead atoms. The maximum Gasteiger partial charge on any atom is 0.238 e. The summed E-state index contributed by atoms with van der Waals surface area (Å²) in [6, 6.07) is 12.0. The largest absolute Gasteiger partial charge is 0.340 e. The third-order valence-electron chi connectivity index (χ3n) is 4.87. The van der Waals surface area contributed by atoms with Crippen molar-refractivity contribution in [3.05, 3.63) is 50.6 Å². The van der Waals surface area contributed by atoms with E-state index in [1.54, 1.807) is 11.3 Å². The number of halogens is 1. The van der Waals surface area contributed by atoms with Crippen LogP contribution in [0.15, 0.2) is 40.2 Å². The maximum atomic E-state index is 12.4. The zero-order valence-corrected chi connectivity index (χ0v) is 18.5. The van der Waals surface area contributed by atoms with Crippen molar-refractivity contribution in [3.8, 4) is 0 Å². The minimum Gasteiger partial charge on any atom is -0.340 e. The first-order valence-electron chi connectivity index (χ1n) is 9.60. The van der Waals surface area contributed by atoms with Crippen molar-refractivity contribution < 1.29 is 9.59 Å². The van der Waals surface area contributed by atoms with Crippen LogP contribution in [0.2, 0.25) is 0 Å². The number of piperazine rings is 1. The van der Waals surface area contributed by atoms with Gasteiger partial charge in [-0.1, -0.05) is 17.7 Å². The van der Waals surface area contributed by atoms with Gasteiger partial charge in [0.05, 0.1) is 10.3 Å². The highest BCUT2D eigenvalue weighted by atomic mass is 79.9. The van der Waals surface area contributed by atoms with Gasteiger partial charge < -0.3 is 10.2 Å². The molecule has 0 spiro atoms. The van der Waals surface area contributed by atoms with E-state index in [0.29, 0.717) is 26.1 Å². The summed E-state index contributed by atoms with van der Waals surface area (Å²) in [4.78, 5) is 30.0. The number of anilines is 1. The molecule has 1 fully saturated rings. The molecular weight excluding hydrogens is 438 g/mol. The van der Waals surface area contributed by atoms with Crippen LogP contribution < -0.4 is 5.32 Å². The van der Waals surface area contributed by atoms with Crippen molar-refractivity contribution in [2.75, 3.05) is 38.0 Å². The summed E-state index contributed by atoms with van der Waals surface area (Å²) in [5.74, 6) is 0.213. The van der Waals surface area contributed by atoms with Crippen LogP contribution in [-0.4, -0.2) is 54.3 Å². The summed E-state index contributed by atoms with van der Waals surface area (Å²) in [6.07, 6.45) is 2.41. The van der Waals surface area contributed by atoms with E-state index in [-0.39, 0.29) is 11.8 Å². The summed E-state index contributed by atoms with van der Waals surface area (Å²) in [5, 5.41) is 2.93. The predicted molar refractivity (Wildman–Crippen MR) is 118 cm³/mol. The van der Waals surface area contributed by atoms with Gasteiger partial charge in [-0.15, -0.1) is 11.3 Å². The second-order valence-corrected chi connectivity index (χ2v) is 9.68. The molecule has 1 N–H and O–H groups in total. The Morgan fingerprint density at radius 2 is 1.79 bits per heavy atom. The van der Waals surface area contributed by atoms with Gasteiger partial charge in [-0.25, -0.2) is 0 Å². The monoisotopic (exact) mass is 463 g/mol. The minimum atomic E-state index is -0.00858. The van der Waals surface area contributed by atoms with Gasteiger partial charge in [-0.2, -0.15) is 0 Å². The molecule has 0 radical (unpaired) electrons. The van der Waals surface area contributed by atoms with Crippen molar-refractivity contribution in [3.63, 3.8) is 0 Å². The average molecular weight is 464 g/mol. The van der Waals surface area contributed by atoms with Crippen molar-refractivity contribution in [2.24, 2.45) is 0 Å². The Labute approximate surface area is 178 Å². The van der Waals surface area contributed by atoms with E-state index in [0.717, 1.165) is 35.4 Å². The Morgan fingerprint density at radius 1 is 1.07 bits per heavy atom. The van der Waals surface area contributed by atoms with Crippen LogP contribution in [0.25, 0.3) is 0 Å². The molecule has 1 aromatic carbocycles. The number of thiophene rings is 1. The lowest BCUT2D eigenvalue weighted by Crippen LogP contribution is -2.50. The second kappa shape index (κ2) is 10.2. The summed E-state index contributed by atoms with van der Waals surface area (Å²) in [6.45, 7) is 5.26. The average Bonchev–Trinajstić information content (AvgIpc) is 3.09. The predicted octanol–water partition coefficient (Wildman–Crippen LogP) is 3.92. The van der Waals surface area contributed by atoms with Gasteiger partial charge in [-0.3, -0.25) is 14.5 Å². The Kier molecular flexibility index (Phi) is 7.65. The first-order valence-corrected chi connectivity index (χ1v) is 11.2. The molecule has 1 aliphatic rings. The van der Waals surface area contributed by atoms with E-state index in [1.807, 2.05) is 36.1 Å². The number of rotatable bonds is 7. The van der Waals surface area contributed by atoms with E-state index in [4.69, 9.17) is 0 Å². The lowest BCUT2D eigenvalue weighted by Gasteiger charge is -2.34. The van der Waals surface area contributed by atoms with Crippen LogP contribution in [0.5, 0.6) is 0 Å². The Balaban J connectivity index is 1.34. The van der Waals surface area contributed by atoms with Gasteiger partial charge in [0.15, 0.2) is 0 Å². The molecule has 2 heterocycles. The molecular formula is C21H26BrN3O2S. The molecule has 7 heteroatoms. The molecule has 0 saturated carbocycles. The number of amides is 2. The van der Waals surface area contributed by atoms with Crippen molar-refractivity contribution in [1.82, 2.24) is 9.80 Å². The van der Waals surface area contributed by atoms with Gasteiger partial charge >= 0.3 is 0 Å². The molecule has 0 unspecified atom stereocenters. The van der Waals surface area contributed by atoms with Crippen molar-refractivity contribution >= 4 is 44.8 Å². The normalized spacial score (nSPS) is 14.9. The first kappa shape index (κ1) is 21.0. The minimum absolute atomic E-state index is 0.00858. The van der Waals surface area contributed by atoms with Crippen LogP contribution in [0.4, 0.5) is 5.69 Å². The number of carbonyl (C=O) groups is 2. The van der Waals surface area contributed by atoms with Crippen LogP contribution in [0, 0.1) is 6.92 Å². The van der Waals surface area contributed by atoms with E-state index < -0.39 is 0 Å².